The highest BCUT2D eigenvalue weighted by Gasteiger charge is 2.30. The number of phosphoric acid groups is 2. The topological polar surface area (TPSA) is 237 Å². The van der Waals surface area contributed by atoms with Crippen LogP contribution in [-0.2, 0) is 65.4 Å². The Kier molecular flexibility index (Phi) is 57.6. The summed E-state index contributed by atoms with van der Waals surface area (Å²) in [6.07, 6.45) is 40.6. The molecular formula is C69H134O17P2. The molecule has 0 radical (unpaired) electrons. The Morgan fingerprint density at radius 1 is 0.318 bits per heavy atom. The Balaban J connectivity index is 5.20. The SMILES string of the molecule is CCC(C)CCCCCCCCC(=O)O[C@H](COC(=O)CCCCCCCCCCC(C)C)COP(=O)(O)OCC(O)COP(=O)(O)OC[C@@H](COC(=O)CCCCCCCCC(C)C)OC(=O)CCCCCCCCCCCCCCCCCC(C)C. The van der Waals surface area contributed by atoms with E-state index < -0.39 is 97.5 Å². The van der Waals surface area contributed by atoms with Gasteiger partial charge in [-0.2, -0.15) is 0 Å². The van der Waals surface area contributed by atoms with E-state index in [4.69, 9.17) is 37.0 Å². The Labute approximate surface area is 537 Å². The Morgan fingerprint density at radius 2 is 0.545 bits per heavy atom. The predicted octanol–water partition coefficient (Wildman–Crippen LogP) is 19.3. The maximum atomic E-state index is 13.0. The van der Waals surface area contributed by atoms with Gasteiger partial charge < -0.3 is 33.8 Å². The van der Waals surface area contributed by atoms with E-state index in [-0.39, 0.29) is 25.7 Å². The molecule has 6 atom stereocenters. The van der Waals surface area contributed by atoms with Gasteiger partial charge in [-0.3, -0.25) is 37.3 Å². The molecule has 4 unspecified atom stereocenters. The number of rotatable bonds is 66. The number of unbranched alkanes of at least 4 members (excludes halogenated alkanes) is 31. The van der Waals surface area contributed by atoms with E-state index >= 15 is 0 Å². The molecule has 0 aromatic heterocycles. The van der Waals surface area contributed by atoms with Crippen molar-refractivity contribution in [1.29, 1.82) is 0 Å². The zero-order valence-corrected chi connectivity index (χ0v) is 59.1. The highest BCUT2D eigenvalue weighted by molar-refractivity contribution is 7.47. The predicted molar refractivity (Wildman–Crippen MR) is 354 cm³/mol. The minimum absolute atomic E-state index is 0.102. The van der Waals surface area contributed by atoms with Crippen molar-refractivity contribution in [3.05, 3.63) is 0 Å². The van der Waals surface area contributed by atoms with Crippen LogP contribution in [0, 0.1) is 23.7 Å². The number of carbonyl (C=O) groups is 4. The lowest BCUT2D eigenvalue weighted by Crippen LogP contribution is -2.30. The van der Waals surface area contributed by atoms with Gasteiger partial charge in [-0.25, -0.2) is 9.13 Å². The molecule has 0 aromatic rings. The summed E-state index contributed by atoms with van der Waals surface area (Å²) in [7, 11) is -9.90. The fraction of sp³-hybridized carbons (Fsp3) is 0.942. The lowest BCUT2D eigenvalue weighted by molar-refractivity contribution is -0.161. The number of esters is 4. The molecule has 0 aliphatic rings. The summed E-state index contributed by atoms with van der Waals surface area (Å²) in [5.74, 6) is 0.792. The lowest BCUT2D eigenvalue weighted by Gasteiger charge is -2.21. The molecule has 0 bridgehead atoms. The van der Waals surface area contributed by atoms with Crippen molar-refractivity contribution < 1.29 is 80.2 Å². The van der Waals surface area contributed by atoms with E-state index in [1.165, 1.54) is 135 Å². The van der Waals surface area contributed by atoms with Gasteiger partial charge >= 0.3 is 39.5 Å². The molecule has 0 aromatic carbocycles. The summed E-state index contributed by atoms with van der Waals surface area (Å²) >= 11 is 0. The van der Waals surface area contributed by atoms with Gasteiger partial charge in [0.05, 0.1) is 26.4 Å². The van der Waals surface area contributed by atoms with Crippen molar-refractivity contribution in [1.82, 2.24) is 0 Å². The summed E-state index contributed by atoms with van der Waals surface area (Å²) in [5.41, 5.74) is 0. The summed E-state index contributed by atoms with van der Waals surface area (Å²) in [6.45, 7) is 14.0. The second kappa shape index (κ2) is 58.8. The molecule has 0 heterocycles. The molecule has 0 fully saturated rings. The molecule has 0 aliphatic carbocycles. The fourth-order valence-electron chi connectivity index (χ4n) is 10.3. The highest BCUT2D eigenvalue weighted by atomic mass is 31.2. The van der Waals surface area contributed by atoms with Crippen molar-refractivity contribution >= 4 is 39.5 Å². The zero-order valence-electron chi connectivity index (χ0n) is 57.3. The third-order valence-electron chi connectivity index (χ3n) is 16.2. The van der Waals surface area contributed by atoms with E-state index in [9.17, 15) is 43.2 Å². The molecule has 522 valence electrons. The van der Waals surface area contributed by atoms with E-state index in [0.29, 0.717) is 31.6 Å². The number of phosphoric ester groups is 2. The average Bonchev–Trinajstić information content (AvgIpc) is 3.59. The van der Waals surface area contributed by atoms with Crippen LogP contribution in [0.1, 0.15) is 338 Å². The van der Waals surface area contributed by atoms with E-state index in [0.717, 1.165) is 114 Å². The van der Waals surface area contributed by atoms with Gasteiger partial charge in [0.1, 0.15) is 19.3 Å². The number of hydrogen-bond acceptors (Lipinski definition) is 15. The molecule has 0 saturated heterocycles. The second-order valence-electron chi connectivity index (χ2n) is 26.6. The van der Waals surface area contributed by atoms with Crippen LogP contribution >= 0.6 is 15.6 Å². The quantitative estimate of drug-likeness (QED) is 0.0222. The standard InChI is InChI=1S/C69H134O17P2/c1-9-62(8)48-40-32-26-28-36-44-52-69(74)86-65(55-79-66(71)49-41-33-23-20-19-22-30-38-46-60(4)5)58-84-88(77,78)82-54-63(70)53-81-87(75,76)83-57-64(56-80-67(72)50-42-34-27-25-31-39-47-61(6)7)85-68(73)51-43-35-24-18-16-14-12-10-11-13-15-17-21-29-37-45-59(2)3/h59-65,70H,9-58H2,1-8H3,(H,75,76)(H,77,78)/t62?,63?,64-,65-/m1/s1. The molecule has 0 amide bonds. The van der Waals surface area contributed by atoms with Crippen LogP contribution < -0.4 is 0 Å². The first kappa shape index (κ1) is 86.1. The van der Waals surface area contributed by atoms with Gasteiger partial charge in [0.15, 0.2) is 12.2 Å². The Hall–Kier alpha value is -1.94. The first-order chi connectivity index (χ1) is 42.1. The minimum atomic E-state index is -4.95. The van der Waals surface area contributed by atoms with Gasteiger partial charge in [0.25, 0.3) is 0 Å². The summed E-state index contributed by atoms with van der Waals surface area (Å²) in [5, 5.41) is 10.6. The van der Waals surface area contributed by atoms with Gasteiger partial charge in [-0.1, -0.05) is 287 Å². The number of aliphatic hydroxyl groups is 1. The number of aliphatic hydroxyl groups excluding tert-OH is 1. The van der Waals surface area contributed by atoms with E-state index in [1.807, 2.05) is 0 Å². The molecule has 17 nitrogen and oxygen atoms in total. The van der Waals surface area contributed by atoms with Crippen LogP contribution in [0.5, 0.6) is 0 Å². The van der Waals surface area contributed by atoms with Crippen molar-refractivity contribution in [2.75, 3.05) is 39.6 Å². The summed E-state index contributed by atoms with van der Waals surface area (Å²) in [4.78, 5) is 72.4. The largest absolute Gasteiger partial charge is 0.472 e. The van der Waals surface area contributed by atoms with Crippen LogP contribution in [0.2, 0.25) is 0 Å². The Morgan fingerprint density at radius 3 is 0.807 bits per heavy atom. The van der Waals surface area contributed by atoms with Crippen LogP contribution in [-0.4, -0.2) is 96.7 Å². The maximum Gasteiger partial charge on any atom is 0.472 e. The monoisotopic (exact) mass is 1300 g/mol. The summed E-state index contributed by atoms with van der Waals surface area (Å²) < 4.78 is 68.2. The number of hydrogen-bond donors (Lipinski definition) is 3. The van der Waals surface area contributed by atoms with Crippen LogP contribution in [0.3, 0.4) is 0 Å². The Bertz CT molecular complexity index is 1750. The molecule has 0 spiro atoms. The molecule has 3 N–H and O–H groups in total. The lowest BCUT2D eigenvalue weighted by atomic mass is 10.00. The zero-order chi connectivity index (χ0) is 65.4. The minimum Gasteiger partial charge on any atom is -0.462 e. The van der Waals surface area contributed by atoms with Gasteiger partial charge in [-0.05, 0) is 49.4 Å². The van der Waals surface area contributed by atoms with Crippen LogP contribution in [0.4, 0.5) is 0 Å². The smallest absolute Gasteiger partial charge is 0.462 e. The molecule has 88 heavy (non-hydrogen) atoms. The fourth-order valence-corrected chi connectivity index (χ4v) is 11.9. The van der Waals surface area contributed by atoms with Gasteiger partial charge in [-0.15, -0.1) is 0 Å². The van der Waals surface area contributed by atoms with Crippen molar-refractivity contribution in [2.24, 2.45) is 23.7 Å². The second-order valence-corrected chi connectivity index (χ2v) is 29.5. The first-order valence-corrected chi connectivity index (χ1v) is 38.7. The van der Waals surface area contributed by atoms with E-state index in [1.54, 1.807) is 0 Å². The van der Waals surface area contributed by atoms with Crippen molar-refractivity contribution in [3.8, 4) is 0 Å². The maximum absolute atomic E-state index is 13.0. The van der Waals surface area contributed by atoms with Crippen molar-refractivity contribution in [2.45, 2.75) is 356 Å². The number of carbonyl (C=O) groups excluding carboxylic acids is 4. The van der Waals surface area contributed by atoms with Gasteiger partial charge in [0.2, 0.25) is 0 Å². The molecule has 0 saturated carbocycles. The molecular weight excluding hydrogens is 1160 g/mol. The molecule has 19 heteroatoms. The van der Waals surface area contributed by atoms with Crippen molar-refractivity contribution in [3.63, 3.8) is 0 Å². The third kappa shape index (κ3) is 61.6. The third-order valence-corrected chi connectivity index (χ3v) is 18.1. The molecule has 0 aliphatic heterocycles. The highest BCUT2D eigenvalue weighted by Crippen LogP contribution is 2.45. The first-order valence-electron chi connectivity index (χ1n) is 35.7. The van der Waals surface area contributed by atoms with E-state index in [2.05, 4.69) is 55.4 Å². The van der Waals surface area contributed by atoms with Crippen LogP contribution in [0.25, 0.3) is 0 Å². The summed E-state index contributed by atoms with van der Waals surface area (Å²) in [6, 6.07) is 0. The average molecular weight is 1300 g/mol. The molecule has 0 rings (SSSR count). The van der Waals surface area contributed by atoms with Crippen LogP contribution in [0.15, 0.2) is 0 Å². The van der Waals surface area contributed by atoms with Gasteiger partial charge in [0, 0.05) is 25.7 Å². The normalized spacial score (nSPS) is 14.6. The number of ether oxygens (including phenoxy) is 4.